The van der Waals surface area contributed by atoms with Gasteiger partial charge in [-0.3, -0.25) is 14.3 Å². The quantitative estimate of drug-likeness (QED) is 0.231. The largest absolute Gasteiger partial charge is 0.480 e. The number of carboxylic acids is 1. The van der Waals surface area contributed by atoms with E-state index in [0.29, 0.717) is 17.7 Å². The molecule has 1 atom stereocenters. The topological polar surface area (TPSA) is 157 Å². The SMILES string of the molecule is CCCc1ccc(S(=O)(=O)Nc2cc(F)c(C(=O)N[C@@H](Cc3ccc(-n4c(=O)ccn(C)c4=O)cc3)C(=O)O)c(F)c2)cc1. The van der Waals surface area contributed by atoms with E-state index in [4.69, 9.17) is 0 Å². The normalized spacial score (nSPS) is 12.0. The number of carbonyl (C=O) groups is 2. The maximum atomic E-state index is 14.9. The number of anilines is 1. The average molecular weight is 627 g/mol. The van der Waals surface area contributed by atoms with E-state index in [9.17, 15) is 41.5 Å². The predicted molar refractivity (Wildman–Crippen MR) is 157 cm³/mol. The fourth-order valence-electron chi connectivity index (χ4n) is 4.44. The molecule has 1 amide bonds. The number of hydrogen-bond acceptors (Lipinski definition) is 6. The van der Waals surface area contributed by atoms with Gasteiger partial charge in [-0.05, 0) is 53.9 Å². The number of sulfonamides is 1. The number of carboxylic acid groups (broad SMARTS) is 1. The minimum atomic E-state index is -4.20. The first-order valence-corrected chi connectivity index (χ1v) is 14.8. The fraction of sp³-hybridized carbons (Fsp3) is 0.200. The Morgan fingerprint density at radius 2 is 1.52 bits per heavy atom. The van der Waals surface area contributed by atoms with Crippen molar-refractivity contribution in [1.29, 1.82) is 0 Å². The number of rotatable bonds is 11. The molecule has 230 valence electrons. The van der Waals surface area contributed by atoms with Gasteiger partial charge in [-0.1, -0.05) is 37.6 Å². The fourth-order valence-corrected chi connectivity index (χ4v) is 5.48. The highest BCUT2D eigenvalue weighted by Crippen LogP contribution is 2.23. The maximum Gasteiger partial charge on any atom is 0.335 e. The van der Waals surface area contributed by atoms with Crippen LogP contribution in [0.2, 0.25) is 0 Å². The van der Waals surface area contributed by atoms with Crippen molar-refractivity contribution in [3.8, 4) is 5.69 Å². The van der Waals surface area contributed by atoms with Gasteiger partial charge in [0.2, 0.25) is 0 Å². The van der Waals surface area contributed by atoms with Gasteiger partial charge in [0.1, 0.15) is 23.2 Å². The van der Waals surface area contributed by atoms with Crippen molar-refractivity contribution in [1.82, 2.24) is 14.5 Å². The monoisotopic (exact) mass is 626 g/mol. The summed E-state index contributed by atoms with van der Waals surface area (Å²) in [5.41, 5.74) is -1.22. The van der Waals surface area contributed by atoms with Crippen LogP contribution in [-0.2, 0) is 34.7 Å². The van der Waals surface area contributed by atoms with E-state index in [-0.39, 0.29) is 17.0 Å². The second-order valence-electron chi connectivity index (χ2n) is 9.93. The molecule has 4 rings (SSSR count). The number of nitrogens with zero attached hydrogens (tertiary/aromatic N) is 2. The van der Waals surface area contributed by atoms with Crippen molar-refractivity contribution in [3.63, 3.8) is 0 Å². The van der Waals surface area contributed by atoms with E-state index in [1.165, 1.54) is 60.3 Å². The molecule has 4 aromatic rings. The van der Waals surface area contributed by atoms with E-state index in [1.54, 1.807) is 12.1 Å². The number of nitrogens with one attached hydrogen (secondary N) is 2. The van der Waals surface area contributed by atoms with Crippen molar-refractivity contribution in [2.45, 2.75) is 37.1 Å². The lowest BCUT2D eigenvalue weighted by Gasteiger charge is -2.16. The van der Waals surface area contributed by atoms with Crippen molar-refractivity contribution in [2.24, 2.45) is 7.05 Å². The molecule has 0 unspecified atom stereocenters. The van der Waals surface area contributed by atoms with Crippen LogP contribution in [0.15, 0.2) is 87.4 Å². The van der Waals surface area contributed by atoms with Crippen molar-refractivity contribution < 1.29 is 31.9 Å². The Kier molecular flexibility index (Phi) is 9.43. The standard InChI is InChI=1S/C30H28F2N4O7S/c1-3-4-18-7-11-22(12-8-18)44(42,43)34-20-16-23(31)27(24(32)17-20)28(38)33-25(29(39)40)15-19-5-9-21(10-6-19)36-26(37)13-14-35(2)30(36)41/h5-14,16-17,25,34H,3-4,15H2,1-2H3,(H,33,38)(H,39,40)/t25-/m0/s1. The van der Waals surface area contributed by atoms with Crippen LogP contribution in [0.3, 0.4) is 0 Å². The van der Waals surface area contributed by atoms with Gasteiger partial charge in [-0.2, -0.15) is 0 Å². The molecule has 14 heteroatoms. The molecule has 0 fully saturated rings. The Balaban J connectivity index is 1.49. The summed E-state index contributed by atoms with van der Waals surface area (Å²) in [6.07, 6.45) is 2.63. The molecule has 0 radical (unpaired) electrons. The predicted octanol–water partition coefficient (Wildman–Crippen LogP) is 2.99. The van der Waals surface area contributed by atoms with Gasteiger partial charge >= 0.3 is 11.7 Å². The Hall–Kier alpha value is -5.11. The van der Waals surface area contributed by atoms with Crippen LogP contribution in [-0.4, -0.2) is 40.6 Å². The minimum Gasteiger partial charge on any atom is -0.480 e. The molecular formula is C30H28F2N4O7S. The van der Waals surface area contributed by atoms with E-state index < -0.39 is 62.1 Å². The second-order valence-corrected chi connectivity index (χ2v) is 11.6. The van der Waals surface area contributed by atoms with Gasteiger partial charge in [0.25, 0.3) is 21.5 Å². The number of benzene rings is 3. The Bertz CT molecular complexity index is 1920. The number of aliphatic carboxylic acids is 1. The van der Waals surface area contributed by atoms with Gasteiger partial charge in [0.05, 0.1) is 16.3 Å². The molecule has 1 heterocycles. The molecule has 3 N–H and O–H groups in total. The third-order valence-electron chi connectivity index (χ3n) is 6.69. The molecule has 3 aromatic carbocycles. The van der Waals surface area contributed by atoms with Crippen LogP contribution in [0, 0.1) is 11.6 Å². The third kappa shape index (κ3) is 7.09. The first-order valence-electron chi connectivity index (χ1n) is 13.3. The van der Waals surface area contributed by atoms with Crippen molar-refractivity contribution >= 4 is 27.6 Å². The molecule has 11 nitrogen and oxygen atoms in total. The van der Waals surface area contributed by atoms with E-state index in [0.717, 1.165) is 23.0 Å². The highest BCUT2D eigenvalue weighted by molar-refractivity contribution is 7.92. The summed E-state index contributed by atoms with van der Waals surface area (Å²) < 4.78 is 59.5. The molecule has 44 heavy (non-hydrogen) atoms. The zero-order valence-corrected chi connectivity index (χ0v) is 24.4. The van der Waals surface area contributed by atoms with Crippen molar-refractivity contribution in [3.05, 3.63) is 122 Å². The first-order chi connectivity index (χ1) is 20.8. The van der Waals surface area contributed by atoms with E-state index >= 15 is 0 Å². The molecule has 0 saturated heterocycles. The van der Waals surface area contributed by atoms with Crippen molar-refractivity contribution in [2.75, 3.05) is 4.72 Å². The van der Waals surface area contributed by atoms with Crippen LogP contribution in [0.1, 0.15) is 34.8 Å². The molecule has 0 bridgehead atoms. The van der Waals surface area contributed by atoms with Gasteiger partial charge in [-0.15, -0.1) is 0 Å². The Morgan fingerprint density at radius 3 is 2.09 bits per heavy atom. The average Bonchev–Trinajstić information content (AvgIpc) is 2.95. The van der Waals surface area contributed by atoms with Crippen LogP contribution in [0.4, 0.5) is 14.5 Å². The van der Waals surface area contributed by atoms with Crippen LogP contribution in [0.25, 0.3) is 5.69 Å². The van der Waals surface area contributed by atoms with Crippen LogP contribution >= 0.6 is 0 Å². The number of amides is 1. The number of carbonyl (C=O) groups excluding carboxylic acids is 1. The lowest BCUT2D eigenvalue weighted by molar-refractivity contribution is -0.139. The van der Waals surface area contributed by atoms with Crippen LogP contribution < -0.4 is 21.3 Å². The molecule has 0 aliphatic heterocycles. The highest BCUT2D eigenvalue weighted by atomic mass is 32.2. The number of aromatic nitrogens is 2. The molecule has 0 aliphatic carbocycles. The molecule has 0 spiro atoms. The highest BCUT2D eigenvalue weighted by Gasteiger charge is 2.26. The summed E-state index contributed by atoms with van der Waals surface area (Å²) >= 11 is 0. The molecule has 0 saturated carbocycles. The lowest BCUT2D eigenvalue weighted by Crippen LogP contribution is -2.43. The molecule has 1 aromatic heterocycles. The zero-order chi connectivity index (χ0) is 32.2. The first kappa shape index (κ1) is 31.8. The van der Waals surface area contributed by atoms with Gasteiger partial charge in [0.15, 0.2) is 0 Å². The summed E-state index contributed by atoms with van der Waals surface area (Å²) in [5, 5.41) is 11.7. The number of aryl methyl sites for hydroxylation is 2. The Labute approximate surface area is 250 Å². The van der Waals surface area contributed by atoms with Gasteiger partial charge in [-0.25, -0.2) is 31.4 Å². The van der Waals surface area contributed by atoms with Gasteiger partial charge in [0, 0.05) is 25.7 Å². The van der Waals surface area contributed by atoms with Gasteiger partial charge < -0.3 is 15.0 Å². The number of hydrogen-bond donors (Lipinski definition) is 3. The lowest BCUT2D eigenvalue weighted by atomic mass is 10.0. The van der Waals surface area contributed by atoms with Crippen LogP contribution in [0.5, 0.6) is 0 Å². The molecular weight excluding hydrogens is 598 g/mol. The summed E-state index contributed by atoms with van der Waals surface area (Å²) in [6, 6.07) is 12.5. The van der Waals surface area contributed by atoms with E-state index in [2.05, 4.69) is 10.0 Å². The zero-order valence-electron chi connectivity index (χ0n) is 23.6. The smallest absolute Gasteiger partial charge is 0.335 e. The van der Waals surface area contributed by atoms with E-state index in [1.807, 2.05) is 6.92 Å². The minimum absolute atomic E-state index is 0.129. The maximum absolute atomic E-state index is 14.9. The summed E-state index contributed by atoms with van der Waals surface area (Å²) in [7, 11) is -2.73. The molecule has 0 aliphatic rings. The summed E-state index contributed by atoms with van der Waals surface area (Å²) in [5.74, 6) is -5.70. The summed E-state index contributed by atoms with van der Waals surface area (Å²) in [4.78, 5) is 49.0. The second kappa shape index (κ2) is 13.0. The third-order valence-corrected chi connectivity index (χ3v) is 8.08. The Morgan fingerprint density at radius 1 is 0.932 bits per heavy atom. The summed E-state index contributed by atoms with van der Waals surface area (Å²) in [6.45, 7) is 1.98. The number of halogens is 2.